The van der Waals surface area contributed by atoms with Crippen LogP contribution in [0.3, 0.4) is 0 Å². The predicted molar refractivity (Wildman–Crippen MR) is 68.8 cm³/mol. The van der Waals surface area contributed by atoms with Gasteiger partial charge in [0.2, 0.25) is 10.9 Å². The lowest BCUT2D eigenvalue weighted by Crippen LogP contribution is -2.11. The molecule has 21 heavy (non-hydrogen) atoms. The standard InChI is InChI=1S/C10H9F2N5O3S/c1-5-14-15-10(16(5)13)21-6-2-3-7(17(18)19)8(4-6)20-9(11)12/h2-4,9H,13H2,1H3. The molecule has 2 aromatic rings. The smallest absolute Gasteiger partial charge is 0.387 e. The van der Waals surface area contributed by atoms with Crippen molar-refractivity contribution < 1.29 is 18.4 Å². The van der Waals surface area contributed by atoms with Crippen LogP contribution in [0.1, 0.15) is 5.82 Å². The van der Waals surface area contributed by atoms with E-state index in [0.717, 1.165) is 23.9 Å². The molecule has 0 unspecified atom stereocenters. The van der Waals surface area contributed by atoms with E-state index in [-0.39, 0.29) is 0 Å². The summed E-state index contributed by atoms with van der Waals surface area (Å²) in [6.07, 6.45) is 0. The molecular formula is C10H9F2N5O3S. The highest BCUT2D eigenvalue weighted by molar-refractivity contribution is 7.99. The summed E-state index contributed by atoms with van der Waals surface area (Å²) in [4.78, 5) is 10.4. The minimum Gasteiger partial charge on any atom is -0.427 e. The van der Waals surface area contributed by atoms with E-state index in [4.69, 9.17) is 5.84 Å². The molecule has 0 saturated heterocycles. The number of nitro benzene ring substituents is 1. The molecule has 0 saturated carbocycles. The zero-order valence-electron chi connectivity index (χ0n) is 10.6. The maximum Gasteiger partial charge on any atom is 0.387 e. The first-order valence-electron chi connectivity index (χ1n) is 5.46. The number of hydrogen-bond donors (Lipinski definition) is 1. The summed E-state index contributed by atoms with van der Waals surface area (Å²) in [6, 6.07) is 3.58. The maximum absolute atomic E-state index is 12.3. The third kappa shape index (κ3) is 3.37. The Morgan fingerprint density at radius 2 is 2.19 bits per heavy atom. The number of ether oxygens (including phenoxy) is 1. The molecule has 1 aromatic carbocycles. The molecule has 0 fully saturated rings. The number of halogens is 2. The van der Waals surface area contributed by atoms with E-state index in [9.17, 15) is 18.9 Å². The molecule has 0 bridgehead atoms. The third-order valence-corrected chi connectivity index (χ3v) is 3.34. The van der Waals surface area contributed by atoms with E-state index in [1.807, 2.05) is 0 Å². The first-order valence-corrected chi connectivity index (χ1v) is 6.28. The Morgan fingerprint density at radius 1 is 1.48 bits per heavy atom. The Hall–Kier alpha value is -2.43. The molecule has 1 heterocycles. The van der Waals surface area contributed by atoms with Crippen molar-refractivity contribution in [2.75, 3.05) is 5.84 Å². The van der Waals surface area contributed by atoms with E-state index in [1.54, 1.807) is 6.92 Å². The maximum atomic E-state index is 12.3. The Balaban J connectivity index is 2.33. The van der Waals surface area contributed by atoms with Crippen molar-refractivity contribution in [3.8, 4) is 5.75 Å². The van der Waals surface area contributed by atoms with Crippen molar-refractivity contribution in [1.29, 1.82) is 0 Å². The van der Waals surface area contributed by atoms with Gasteiger partial charge in [0.1, 0.15) is 5.82 Å². The lowest BCUT2D eigenvalue weighted by atomic mass is 10.3. The van der Waals surface area contributed by atoms with E-state index < -0.39 is 23.0 Å². The second-order valence-corrected chi connectivity index (χ2v) is 4.81. The summed E-state index contributed by atoms with van der Waals surface area (Å²) in [7, 11) is 0. The highest BCUT2D eigenvalue weighted by Crippen LogP contribution is 2.35. The molecule has 0 amide bonds. The Labute approximate surface area is 121 Å². The highest BCUT2D eigenvalue weighted by atomic mass is 32.2. The predicted octanol–water partition coefficient (Wildman–Crippen LogP) is 1.96. The first kappa shape index (κ1) is 15.0. The Bertz CT molecular complexity index is 679. The van der Waals surface area contributed by atoms with Crippen molar-refractivity contribution in [2.24, 2.45) is 0 Å². The van der Waals surface area contributed by atoms with Gasteiger partial charge in [0.05, 0.1) is 4.92 Å². The number of nitro groups is 1. The Morgan fingerprint density at radius 3 is 2.71 bits per heavy atom. The van der Waals surface area contributed by atoms with E-state index in [1.165, 1.54) is 10.7 Å². The van der Waals surface area contributed by atoms with E-state index in [0.29, 0.717) is 15.9 Å². The van der Waals surface area contributed by atoms with Crippen molar-refractivity contribution >= 4 is 17.4 Å². The molecule has 0 aliphatic carbocycles. The highest BCUT2D eigenvalue weighted by Gasteiger charge is 2.20. The van der Waals surface area contributed by atoms with Gasteiger partial charge in [-0.1, -0.05) is 0 Å². The molecule has 0 aliphatic heterocycles. The topological polar surface area (TPSA) is 109 Å². The fraction of sp³-hybridized carbons (Fsp3) is 0.200. The normalized spacial score (nSPS) is 10.9. The van der Waals surface area contributed by atoms with Gasteiger partial charge in [0, 0.05) is 17.0 Å². The molecule has 2 N–H and O–H groups in total. The average molecular weight is 317 g/mol. The average Bonchev–Trinajstić information content (AvgIpc) is 2.70. The fourth-order valence-corrected chi connectivity index (χ4v) is 2.25. The van der Waals surface area contributed by atoms with Gasteiger partial charge in [-0.3, -0.25) is 10.1 Å². The van der Waals surface area contributed by atoms with Gasteiger partial charge in [-0.2, -0.15) is 8.78 Å². The summed E-state index contributed by atoms with van der Waals surface area (Å²) in [6.45, 7) is -1.53. The second-order valence-electron chi connectivity index (χ2n) is 3.77. The van der Waals surface area contributed by atoms with Gasteiger partial charge >= 0.3 is 12.3 Å². The molecule has 2 rings (SSSR count). The van der Waals surface area contributed by atoms with Gasteiger partial charge in [0.15, 0.2) is 0 Å². The van der Waals surface area contributed by atoms with E-state index in [2.05, 4.69) is 14.9 Å². The number of rotatable bonds is 5. The Kier molecular flexibility index (Phi) is 4.21. The number of nitrogens with zero attached hydrogens (tertiary/aromatic N) is 4. The quantitative estimate of drug-likeness (QED) is 0.510. The van der Waals surface area contributed by atoms with Gasteiger partial charge in [-0.25, -0.2) is 4.68 Å². The van der Waals surface area contributed by atoms with Crippen LogP contribution in [0.5, 0.6) is 5.75 Å². The lowest BCUT2D eigenvalue weighted by Gasteiger charge is -2.07. The van der Waals surface area contributed by atoms with Gasteiger partial charge in [-0.15, -0.1) is 10.2 Å². The van der Waals surface area contributed by atoms with E-state index >= 15 is 0 Å². The molecular weight excluding hydrogens is 308 g/mol. The number of aromatic nitrogens is 3. The second kappa shape index (κ2) is 5.91. The van der Waals surface area contributed by atoms with Gasteiger partial charge in [-0.05, 0) is 24.8 Å². The molecule has 8 nitrogen and oxygen atoms in total. The molecule has 11 heteroatoms. The SMILES string of the molecule is Cc1nnc(Sc2ccc([N+](=O)[O-])c(OC(F)F)c2)n1N. The number of nitrogens with two attached hydrogens (primary N) is 1. The lowest BCUT2D eigenvalue weighted by molar-refractivity contribution is -0.386. The van der Waals surface area contributed by atoms with Crippen molar-refractivity contribution in [2.45, 2.75) is 23.6 Å². The summed E-state index contributed by atoms with van der Waals surface area (Å²) >= 11 is 1.01. The zero-order chi connectivity index (χ0) is 15.6. The number of hydrogen-bond acceptors (Lipinski definition) is 7. The largest absolute Gasteiger partial charge is 0.427 e. The molecule has 0 aliphatic rings. The molecule has 0 radical (unpaired) electrons. The van der Waals surface area contributed by atoms with Crippen LogP contribution in [0.15, 0.2) is 28.3 Å². The molecule has 112 valence electrons. The van der Waals surface area contributed by atoms with Crippen molar-refractivity contribution in [1.82, 2.24) is 14.9 Å². The molecule has 0 atom stereocenters. The minimum absolute atomic E-state index is 0.310. The van der Waals surface area contributed by atoms with Crippen molar-refractivity contribution in [3.63, 3.8) is 0 Å². The van der Waals surface area contributed by atoms with Crippen LogP contribution in [-0.4, -0.2) is 26.4 Å². The summed E-state index contributed by atoms with van der Waals surface area (Å²) in [5.74, 6) is 5.59. The number of benzene rings is 1. The number of aryl methyl sites for hydroxylation is 1. The third-order valence-electron chi connectivity index (χ3n) is 2.39. The monoisotopic (exact) mass is 317 g/mol. The zero-order valence-corrected chi connectivity index (χ0v) is 11.4. The van der Waals surface area contributed by atoms with Crippen LogP contribution in [0, 0.1) is 17.0 Å². The summed E-state index contributed by atoms with van der Waals surface area (Å²) in [5, 5.41) is 18.6. The van der Waals surface area contributed by atoms with Gasteiger partial charge in [0.25, 0.3) is 0 Å². The van der Waals surface area contributed by atoms with Crippen LogP contribution < -0.4 is 10.6 Å². The van der Waals surface area contributed by atoms with Crippen LogP contribution in [0.2, 0.25) is 0 Å². The van der Waals surface area contributed by atoms with Crippen molar-refractivity contribution in [3.05, 3.63) is 34.1 Å². The number of alkyl halides is 2. The minimum atomic E-state index is -3.16. The van der Waals surface area contributed by atoms with Crippen LogP contribution in [0.25, 0.3) is 0 Å². The molecule has 0 spiro atoms. The first-order chi connectivity index (χ1) is 9.88. The van der Waals surface area contributed by atoms with Crippen LogP contribution in [0.4, 0.5) is 14.5 Å². The summed E-state index contributed by atoms with van der Waals surface area (Å²) in [5.41, 5.74) is -0.551. The van der Waals surface area contributed by atoms with Crippen LogP contribution in [-0.2, 0) is 0 Å². The van der Waals surface area contributed by atoms with Gasteiger partial charge < -0.3 is 10.6 Å². The summed E-state index contributed by atoms with van der Waals surface area (Å²) < 4.78 is 29.9. The molecule has 1 aromatic heterocycles. The van der Waals surface area contributed by atoms with Crippen LogP contribution >= 0.6 is 11.8 Å². The number of nitrogen functional groups attached to an aromatic ring is 1. The fourth-order valence-electron chi connectivity index (χ4n) is 1.42.